The molecule has 5 nitrogen and oxygen atoms in total. The molecule has 0 atom stereocenters. The van der Waals surface area contributed by atoms with Gasteiger partial charge in [0.1, 0.15) is 18.2 Å². The van der Waals surface area contributed by atoms with Crippen LogP contribution in [-0.2, 0) is 0 Å². The molecule has 1 saturated carbocycles. The molecule has 0 N–H and O–H groups in total. The number of benzene rings is 1. The summed E-state index contributed by atoms with van der Waals surface area (Å²) in [5.41, 5.74) is 2.97. The summed E-state index contributed by atoms with van der Waals surface area (Å²) in [6.07, 6.45) is 4.21. The van der Waals surface area contributed by atoms with Crippen LogP contribution in [0.2, 0.25) is 0 Å². The third kappa shape index (κ3) is 2.85. The van der Waals surface area contributed by atoms with Gasteiger partial charge in [-0.25, -0.2) is 9.97 Å². The molecule has 1 aliphatic carbocycles. The third-order valence-electron chi connectivity index (χ3n) is 4.64. The number of para-hydroxylation sites is 1. The van der Waals surface area contributed by atoms with Crippen LogP contribution in [0, 0.1) is 11.3 Å². The van der Waals surface area contributed by atoms with Gasteiger partial charge in [0.2, 0.25) is 0 Å². The summed E-state index contributed by atoms with van der Waals surface area (Å²) in [5, 5.41) is 9.26. The zero-order chi connectivity index (χ0) is 15.6. The second-order valence-electron chi connectivity index (χ2n) is 6.18. The Morgan fingerprint density at radius 2 is 1.74 bits per heavy atom. The maximum atomic E-state index is 9.26. The van der Waals surface area contributed by atoms with E-state index in [1.165, 1.54) is 18.5 Å². The number of nitriles is 1. The first-order chi connectivity index (χ1) is 11.3. The number of aromatic nitrogens is 2. The zero-order valence-electron chi connectivity index (χ0n) is 13.0. The minimum absolute atomic E-state index is 0.653. The first kappa shape index (κ1) is 14.0. The van der Waals surface area contributed by atoms with Gasteiger partial charge in [-0.2, -0.15) is 5.26 Å². The predicted molar refractivity (Wildman–Crippen MR) is 89.6 cm³/mol. The molecule has 2 aromatic rings. The quantitative estimate of drug-likeness (QED) is 0.872. The van der Waals surface area contributed by atoms with Gasteiger partial charge in [-0.3, -0.25) is 0 Å². The van der Waals surface area contributed by atoms with Crippen molar-refractivity contribution >= 4 is 11.5 Å². The fourth-order valence-corrected chi connectivity index (χ4v) is 3.16. The monoisotopic (exact) mass is 305 g/mol. The normalized spacial score (nSPS) is 17.9. The first-order valence-electron chi connectivity index (χ1n) is 8.16. The average Bonchev–Trinajstić information content (AvgIpc) is 3.47. The van der Waals surface area contributed by atoms with Gasteiger partial charge in [0.25, 0.3) is 0 Å². The lowest BCUT2D eigenvalue weighted by molar-refractivity contribution is 0.645. The summed E-state index contributed by atoms with van der Waals surface area (Å²) in [7, 11) is 0. The molecule has 5 heteroatoms. The summed E-state index contributed by atoms with van der Waals surface area (Å²) >= 11 is 0. The molecule has 2 aliphatic rings. The number of nitrogens with zero attached hydrogens (tertiary/aromatic N) is 5. The Morgan fingerprint density at radius 3 is 2.48 bits per heavy atom. The Kier molecular flexibility index (Phi) is 3.58. The van der Waals surface area contributed by atoms with Gasteiger partial charge in [0, 0.05) is 43.9 Å². The Morgan fingerprint density at radius 1 is 1.00 bits per heavy atom. The molecule has 0 radical (unpaired) electrons. The van der Waals surface area contributed by atoms with Crippen LogP contribution in [0.3, 0.4) is 0 Å². The van der Waals surface area contributed by atoms with E-state index in [1.807, 2.05) is 24.3 Å². The van der Waals surface area contributed by atoms with Crippen molar-refractivity contribution in [2.24, 2.45) is 0 Å². The van der Waals surface area contributed by atoms with E-state index in [-0.39, 0.29) is 0 Å². The molecule has 23 heavy (non-hydrogen) atoms. The molecule has 4 rings (SSSR count). The molecule has 1 aromatic carbocycles. The van der Waals surface area contributed by atoms with E-state index in [4.69, 9.17) is 0 Å². The number of rotatable bonds is 3. The fourth-order valence-electron chi connectivity index (χ4n) is 3.16. The lowest BCUT2D eigenvalue weighted by Crippen LogP contribution is -2.47. The van der Waals surface area contributed by atoms with E-state index in [0.29, 0.717) is 5.92 Å². The van der Waals surface area contributed by atoms with Crippen molar-refractivity contribution < 1.29 is 0 Å². The van der Waals surface area contributed by atoms with Gasteiger partial charge in [-0.1, -0.05) is 12.1 Å². The van der Waals surface area contributed by atoms with Crippen molar-refractivity contribution in [3.63, 3.8) is 0 Å². The van der Waals surface area contributed by atoms with E-state index < -0.39 is 0 Å². The average molecular weight is 305 g/mol. The van der Waals surface area contributed by atoms with Crippen LogP contribution in [-0.4, -0.2) is 36.1 Å². The number of hydrogen-bond donors (Lipinski definition) is 0. The van der Waals surface area contributed by atoms with E-state index in [0.717, 1.165) is 43.2 Å². The maximum Gasteiger partial charge on any atom is 0.132 e. The Bertz CT molecular complexity index is 739. The van der Waals surface area contributed by atoms with Crippen molar-refractivity contribution in [3.05, 3.63) is 47.9 Å². The van der Waals surface area contributed by atoms with Gasteiger partial charge in [-0.05, 0) is 25.0 Å². The van der Waals surface area contributed by atoms with Gasteiger partial charge in [-0.15, -0.1) is 0 Å². The SMILES string of the molecule is N#Cc1ccccc1N1CCN(c2cc(C3CC3)ncn2)CC1. The molecular weight excluding hydrogens is 286 g/mol. The minimum Gasteiger partial charge on any atom is -0.367 e. The second-order valence-corrected chi connectivity index (χ2v) is 6.18. The third-order valence-corrected chi connectivity index (χ3v) is 4.64. The Labute approximate surface area is 136 Å². The number of hydrogen-bond acceptors (Lipinski definition) is 5. The van der Waals surface area contributed by atoms with Gasteiger partial charge in [0.15, 0.2) is 0 Å². The highest BCUT2D eigenvalue weighted by atomic mass is 15.3. The van der Waals surface area contributed by atoms with E-state index in [2.05, 4.69) is 31.9 Å². The van der Waals surface area contributed by atoms with Crippen molar-refractivity contribution in [2.45, 2.75) is 18.8 Å². The molecular formula is C18H19N5. The van der Waals surface area contributed by atoms with E-state index in [1.54, 1.807) is 6.33 Å². The number of anilines is 2. The van der Waals surface area contributed by atoms with Crippen molar-refractivity contribution in [1.29, 1.82) is 5.26 Å². The highest BCUT2D eigenvalue weighted by molar-refractivity contribution is 5.60. The summed E-state index contributed by atoms with van der Waals surface area (Å²) < 4.78 is 0. The molecule has 0 bridgehead atoms. The highest BCUT2D eigenvalue weighted by Crippen LogP contribution is 2.39. The van der Waals surface area contributed by atoms with Gasteiger partial charge in [0.05, 0.1) is 11.3 Å². The molecule has 1 saturated heterocycles. The van der Waals surface area contributed by atoms with Crippen molar-refractivity contribution in [1.82, 2.24) is 9.97 Å². The Hall–Kier alpha value is -2.61. The van der Waals surface area contributed by atoms with Gasteiger partial charge >= 0.3 is 0 Å². The fraction of sp³-hybridized carbons (Fsp3) is 0.389. The predicted octanol–water partition coefficient (Wildman–Crippen LogP) is 2.55. The molecule has 0 unspecified atom stereocenters. The van der Waals surface area contributed by atoms with Crippen LogP contribution in [0.15, 0.2) is 36.7 Å². The van der Waals surface area contributed by atoms with E-state index >= 15 is 0 Å². The number of piperazine rings is 1. The van der Waals surface area contributed by atoms with Crippen LogP contribution in [0.25, 0.3) is 0 Å². The van der Waals surface area contributed by atoms with Crippen LogP contribution in [0.1, 0.15) is 30.0 Å². The van der Waals surface area contributed by atoms with Crippen molar-refractivity contribution in [3.8, 4) is 6.07 Å². The van der Waals surface area contributed by atoms with Gasteiger partial charge < -0.3 is 9.80 Å². The van der Waals surface area contributed by atoms with E-state index in [9.17, 15) is 5.26 Å². The topological polar surface area (TPSA) is 56.1 Å². The van der Waals surface area contributed by atoms with Crippen LogP contribution in [0.4, 0.5) is 11.5 Å². The molecule has 0 amide bonds. The zero-order valence-corrected chi connectivity index (χ0v) is 13.0. The van der Waals surface area contributed by atoms with Crippen LogP contribution >= 0.6 is 0 Å². The molecule has 1 aliphatic heterocycles. The molecule has 2 heterocycles. The highest BCUT2D eigenvalue weighted by Gasteiger charge is 2.26. The summed E-state index contributed by atoms with van der Waals surface area (Å²) in [5.74, 6) is 1.69. The van der Waals surface area contributed by atoms with Crippen LogP contribution < -0.4 is 9.80 Å². The van der Waals surface area contributed by atoms with Crippen LogP contribution in [0.5, 0.6) is 0 Å². The molecule has 116 valence electrons. The standard InChI is InChI=1S/C18H19N5/c19-12-15-3-1-2-4-17(15)22-7-9-23(10-8-22)18-11-16(14-5-6-14)20-13-21-18/h1-4,11,13-14H,5-10H2. The molecule has 1 aromatic heterocycles. The first-order valence-corrected chi connectivity index (χ1v) is 8.16. The smallest absolute Gasteiger partial charge is 0.132 e. The minimum atomic E-state index is 0.653. The summed E-state index contributed by atoms with van der Waals surface area (Å²) in [4.78, 5) is 13.5. The second kappa shape index (κ2) is 5.88. The summed E-state index contributed by atoms with van der Waals surface area (Å²) in [6.45, 7) is 3.64. The lowest BCUT2D eigenvalue weighted by atomic mass is 10.1. The largest absolute Gasteiger partial charge is 0.367 e. The molecule has 2 fully saturated rings. The Balaban J connectivity index is 1.47. The molecule has 0 spiro atoms. The summed E-state index contributed by atoms with van der Waals surface area (Å²) in [6, 6.07) is 12.3. The van der Waals surface area contributed by atoms with Crippen molar-refractivity contribution in [2.75, 3.05) is 36.0 Å². The lowest BCUT2D eigenvalue weighted by Gasteiger charge is -2.37. The maximum absolute atomic E-state index is 9.26.